The third-order valence-corrected chi connectivity index (χ3v) is 2.13. The van der Waals surface area contributed by atoms with Crippen molar-refractivity contribution in [1.82, 2.24) is 0 Å². The molecule has 0 saturated heterocycles. The fourth-order valence-corrected chi connectivity index (χ4v) is 1.27. The maximum absolute atomic E-state index is 5.45. The van der Waals surface area contributed by atoms with Gasteiger partial charge in [0.15, 0.2) is 0 Å². The van der Waals surface area contributed by atoms with Crippen molar-refractivity contribution in [2.24, 2.45) is 5.92 Å². The van der Waals surface area contributed by atoms with Crippen molar-refractivity contribution in [3.63, 3.8) is 0 Å². The van der Waals surface area contributed by atoms with Crippen molar-refractivity contribution in [2.45, 2.75) is 32.8 Å². The van der Waals surface area contributed by atoms with Crippen LogP contribution in [0.4, 0.5) is 0 Å². The quantitative estimate of drug-likeness (QED) is 0.469. The molecule has 0 bridgehead atoms. The number of ether oxygens (including phenoxy) is 1. The van der Waals surface area contributed by atoms with Crippen LogP contribution in [0.5, 0.6) is 0 Å². The van der Waals surface area contributed by atoms with E-state index in [2.05, 4.69) is 19.1 Å². The highest BCUT2D eigenvalue weighted by Crippen LogP contribution is 2.49. The molecule has 10 heavy (non-hydrogen) atoms. The smallest absolute Gasteiger partial charge is 0.0728 e. The van der Waals surface area contributed by atoms with E-state index >= 15 is 0 Å². The van der Waals surface area contributed by atoms with E-state index in [1.807, 2.05) is 13.8 Å². The molecule has 2 aliphatic rings. The summed E-state index contributed by atoms with van der Waals surface area (Å²) >= 11 is 0. The predicted molar refractivity (Wildman–Crippen MR) is 43.0 cm³/mol. The van der Waals surface area contributed by atoms with E-state index in [0.717, 1.165) is 12.5 Å². The minimum absolute atomic E-state index is 0.259. The van der Waals surface area contributed by atoms with E-state index in [4.69, 9.17) is 4.74 Å². The molecule has 0 aromatic heterocycles. The number of fused-ring (bicyclic) bond motifs is 1. The lowest BCUT2D eigenvalue weighted by molar-refractivity contribution is 0.0529. The summed E-state index contributed by atoms with van der Waals surface area (Å²) in [5, 5.41) is 0. The molecule has 1 fully saturated rings. The van der Waals surface area contributed by atoms with Crippen LogP contribution in [-0.2, 0) is 4.74 Å². The number of hydrogen-bond acceptors (Lipinski definition) is 1. The van der Waals surface area contributed by atoms with Crippen LogP contribution in [0, 0.1) is 5.92 Å². The molecule has 2 rings (SSSR count). The summed E-state index contributed by atoms with van der Waals surface area (Å²) in [6.45, 7) is 7.01. The van der Waals surface area contributed by atoms with Crippen LogP contribution in [0.3, 0.4) is 0 Å². The fourth-order valence-electron chi connectivity index (χ4n) is 1.27. The van der Waals surface area contributed by atoms with Crippen molar-refractivity contribution >= 4 is 0 Å². The monoisotopic (exact) mass is 140 g/mol. The highest BCUT2D eigenvalue weighted by molar-refractivity contribution is 5.15. The van der Waals surface area contributed by atoms with Crippen molar-refractivity contribution in [3.8, 4) is 0 Å². The lowest BCUT2D eigenvalue weighted by Gasteiger charge is -2.12. The van der Waals surface area contributed by atoms with E-state index in [1.165, 1.54) is 6.42 Å². The van der Waals surface area contributed by atoms with E-state index in [1.54, 1.807) is 0 Å². The van der Waals surface area contributed by atoms with Gasteiger partial charge in [-0.25, -0.2) is 0 Å². The lowest BCUT2D eigenvalue weighted by atomic mass is 10.2. The SMILES string of the molecule is CC.CC12CC1C=CCO2. The normalized spacial score (nSPS) is 41.3. The molecule has 0 amide bonds. The molecular formula is C9H16O. The second-order valence-electron chi connectivity index (χ2n) is 2.86. The first-order valence-corrected chi connectivity index (χ1v) is 4.12. The number of rotatable bonds is 0. The van der Waals surface area contributed by atoms with Gasteiger partial charge in [0.05, 0.1) is 12.2 Å². The zero-order valence-corrected chi connectivity index (χ0v) is 7.05. The van der Waals surface area contributed by atoms with E-state index in [0.29, 0.717) is 0 Å². The van der Waals surface area contributed by atoms with Gasteiger partial charge in [0, 0.05) is 5.92 Å². The zero-order chi connectivity index (χ0) is 7.61. The molecule has 0 spiro atoms. The molecule has 0 aromatic rings. The van der Waals surface area contributed by atoms with Gasteiger partial charge in [-0.2, -0.15) is 0 Å². The van der Waals surface area contributed by atoms with Gasteiger partial charge in [0.2, 0.25) is 0 Å². The molecule has 2 unspecified atom stereocenters. The van der Waals surface area contributed by atoms with Gasteiger partial charge in [-0.05, 0) is 13.3 Å². The van der Waals surface area contributed by atoms with Gasteiger partial charge in [0.1, 0.15) is 0 Å². The first-order chi connectivity index (χ1) is 4.81. The van der Waals surface area contributed by atoms with Crippen LogP contribution in [-0.4, -0.2) is 12.2 Å². The molecule has 0 radical (unpaired) electrons. The van der Waals surface area contributed by atoms with Crippen LogP contribution in [0.2, 0.25) is 0 Å². The summed E-state index contributed by atoms with van der Waals surface area (Å²) in [6.07, 6.45) is 5.62. The van der Waals surface area contributed by atoms with Crippen molar-refractivity contribution in [2.75, 3.05) is 6.61 Å². The Balaban J connectivity index is 0.000000231. The fraction of sp³-hybridized carbons (Fsp3) is 0.778. The van der Waals surface area contributed by atoms with Crippen LogP contribution in [0.25, 0.3) is 0 Å². The Labute approximate surface area is 63.1 Å². The summed E-state index contributed by atoms with van der Waals surface area (Å²) in [6, 6.07) is 0. The van der Waals surface area contributed by atoms with E-state index < -0.39 is 0 Å². The molecule has 1 aliphatic carbocycles. The molecule has 58 valence electrons. The first kappa shape index (κ1) is 7.80. The summed E-state index contributed by atoms with van der Waals surface area (Å²) in [5.41, 5.74) is 0.259. The lowest BCUT2D eigenvalue weighted by Crippen LogP contribution is -2.14. The average Bonchev–Trinajstić information content (AvgIpc) is 2.64. The Hall–Kier alpha value is -0.300. The second kappa shape index (κ2) is 2.75. The Morgan fingerprint density at radius 3 is 2.60 bits per heavy atom. The van der Waals surface area contributed by atoms with Crippen molar-refractivity contribution in [3.05, 3.63) is 12.2 Å². The summed E-state index contributed by atoms with van der Waals surface area (Å²) in [7, 11) is 0. The summed E-state index contributed by atoms with van der Waals surface area (Å²) in [5.74, 6) is 0.747. The minimum Gasteiger partial charge on any atom is -0.371 e. The highest BCUT2D eigenvalue weighted by Gasteiger charge is 2.50. The van der Waals surface area contributed by atoms with Crippen molar-refractivity contribution in [1.29, 1.82) is 0 Å². The predicted octanol–water partition coefficient (Wildman–Crippen LogP) is 2.38. The molecule has 0 aromatic carbocycles. The number of hydrogen-bond donors (Lipinski definition) is 0. The van der Waals surface area contributed by atoms with Gasteiger partial charge in [-0.3, -0.25) is 0 Å². The Morgan fingerprint density at radius 1 is 1.50 bits per heavy atom. The van der Waals surface area contributed by atoms with Gasteiger partial charge in [-0.1, -0.05) is 26.0 Å². The Morgan fingerprint density at radius 2 is 2.20 bits per heavy atom. The van der Waals surface area contributed by atoms with Crippen molar-refractivity contribution < 1.29 is 4.74 Å². The first-order valence-electron chi connectivity index (χ1n) is 4.12. The molecule has 1 heteroatoms. The Bertz CT molecular complexity index is 140. The summed E-state index contributed by atoms with van der Waals surface area (Å²) < 4.78 is 5.45. The molecule has 1 aliphatic heterocycles. The van der Waals surface area contributed by atoms with E-state index in [-0.39, 0.29) is 5.60 Å². The average molecular weight is 140 g/mol. The molecular weight excluding hydrogens is 124 g/mol. The van der Waals surface area contributed by atoms with Gasteiger partial charge >= 0.3 is 0 Å². The molecule has 1 heterocycles. The molecule has 0 N–H and O–H groups in total. The summed E-state index contributed by atoms with van der Waals surface area (Å²) in [4.78, 5) is 0. The maximum atomic E-state index is 5.45. The third-order valence-electron chi connectivity index (χ3n) is 2.13. The largest absolute Gasteiger partial charge is 0.371 e. The third kappa shape index (κ3) is 1.24. The molecule has 1 nitrogen and oxygen atoms in total. The zero-order valence-electron chi connectivity index (χ0n) is 7.05. The molecule has 1 saturated carbocycles. The molecule has 2 atom stereocenters. The van der Waals surface area contributed by atoms with Crippen LogP contribution in [0.1, 0.15) is 27.2 Å². The van der Waals surface area contributed by atoms with Crippen LogP contribution < -0.4 is 0 Å². The van der Waals surface area contributed by atoms with E-state index in [9.17, 15) is 0 Å². The minimum atomic E-state index is 0.259. The van der Waals surface area contributed by atoms with Gasteiger partial charge < -0.3 is 4.74 Å². The Kier molecular flexibility index (Phi) is 2.14. The van der Waals surface area contributed by atoms with Crippen LogP contribution in [0.15, 0.2) is 12.2 Å². The van der Waals surface area contributed by atoms with Gasteiger partial charge in [-0.15, -0.1) is 0 Å². The second-order valence-corrected chi connectivity index (χ2v) is 2.86. The standard InChI is InChI=1S/C7H10O.C2H6/c1-7-5-6(7)3-2-4-8-7;1-2/h2-3,6H,4-5H2,1H3;1-2H3. The highest BCUT2D eigenvalue weighted by atomic mass is 16.5. The van der Waals surface area contributed by atoms with Crippen LogP contribution >= 0.6 is 0 Å². The van der Waals surface area contributed by atoms with Gasteiger partial charge in [0.25, 0.3) is 0 Å². The topological polar surface area (TPSA) is 9.23 Å². The maximum Gasteiger partial charge on any atom is 0.0728 e.